The first-order valence-corrected chi connectivity index (χ1v) is 8.08. The number of hydrogen-bond acceptors (Lipinski definition) is 4. The molecule has 0 aliphatic carbocycles. The van der Waals surface area contributed by atoms with Crippen LogP contribution in [-0.2, 0) is 6.54 Å². The number of likely N-dealkylation sites (N-methyl/N-ethyl adjacent to an activating group) is 1. The number of aromatic carboxylic acids is 1. The van der Waals surface area contributed by atoms with Crippen molar-refractivity contribution in [2.24, 2.45) is 0 Å². The first-order chi connectivity index (χ1) is 11.7. The Morgan fingerprint density at radius 3 is 2.54 bits per heavy atom. The lowest BCUT2D eigenvalue weighted by Crippen LogP contribution is -2.40. The van der Waals surface area contributed by atoms with Crippen LogP contribution in [0.2, 0.25) is 0 Å². The minimum Gasteiger partial charge on any atom is -0.486 e. The molecule has 24 heavy (non-hydrogen) atoms. The number of carbonyl (C=O) groups is 1. The molecular formula is C19H21NO4. The van der Waals surface area contributed by atoms with Crippen molar-refractivity contribution in [2.75, 3.05) is 19.7 Å². The Kier molecular flexibility index (Phi) is 5.01. The van der Waals surface area contributed by atoms with E-state index in [1.54, 1.807) is 12.1 Å². The second-order valence-corrected chi connectivity index (χ2v) is 5.83. The number of ether oxygens (including phenoxy) is 2. The summed E-state index contributed by atoms with van der Waals surface area (Å²) in [6.45, 7) is 5.01. The molecular weight excluding hydrogens is 306 g/mol. The third kappa shape index (κ3) is 3.86. The van der Waals surface area contributed by atoms with Gasteiger partial charge in [0.2, 0.25) is 0 Å². The molecule has 1 N–H and O–H groups in total. The molecule has 0 radical (unpaired) electrons. The molecule has 0 saturated carbocycles. The summed E-state index contributed by atoms with van der Waals surface area (Å²) in [6, 6.07) is 14.7. The van der Waals surface area contributed by atoms with E-state index in [0.29, 0.717) is 12.2 Å². The van der Waals surface area contributed by atoms with Crippen LogP contribution in [0.3, 0.4) is 0 Å². The highest BCUT2D eigenvalue weighted by atomic mass is 16.6. The van der Waals surface area contributed by atoms with Gasteiger partial charge in [-0.2, -0.15) is 0 Å². The summed E-state index contributed by atoms with van der Waals surface area (Å²) < 4.78 is 11.8. The van der Waals surface area contributed by atoms with Crippen molar-refractivity contribution in [1.29, 1.82) is 0 Å². The van der Waals surface area contributed by atoms with Crippen LogP contribution in [0, 0.1) is 0 Å². The van der Waals surface area contributed by atoms with Crippen molar-refractivity contribution in [3.05, 3.63) is 59.7 Å². The van der Waals surface area contributed by atoms with E-state index < -0.39 is 5.97 Å². The molecule has 2 aromatic rings. The minimum absolute atomic E-state index is 0.0156. The number of hydrogen-bond donors (Lipinski definition) is 1. The average Bonchev–Trinajstić information content (AvgIpc) is 2.61. The summed E-state index contributed by atoms with van der Waals surface area (Å²) in [5.41, 5.74) is 1.39. The SMILES string of the molecule is CCN(Cc1ccc(C(=O)O)cc1)CC1COc2ccccc2O1. The van der Waals surface area contributed by atoms with Crippen molar-refractivity contribution in [3.63, 3.8) is 0 Å². The molecule has 1 atom stereocenters. The van der Waals surface area contributed by atoms with Crippen molar-refractivity contribution in [3.8, 4) is 11.5 Å². The molecule has 126 valence electrons. The summed E-state index contributed by atoms with van der Waals surface area (Å²) in [5.74, 6) is 0.678. The first kappa shape index (κ1) is 16.3. The van der Waals surface area contributed by atoms with Gasteiger partial charge in [0.25, 0.3) is 0 Å². The average molecular weight is 327 g/mol. The van der Waals surface area contributed by atoms with E-state index in [4.69, 9.17) is 14.6 Å². The molecule has 0 amide bonds. The second kappa shape index (κ2) is 7.36. The lowest BCUT2D eigenvalue weighted by Gasteiger charge is -2.30. The van der Waals surface area contributed by atoms with Crippen LogP contribution in [0.25, 0.3) is 0 Å². The van der Waals surface area contributed by atoms with E-state index >= 15 is 0 Å². The smallest absolute Gasteiger partial charge is 0.335 e. The Morgan fingerprint density at radius 2 is 1.88 bits per heavy atom. The second-order valence-electron chi connectivity index (χ2n) is 5.83. The van der Waals surface area contributed by atoms with Gasteiger partial charge in [0.15, 0.2) is 11.5 Å². The predicted octanol–water partition coefficient (Wildman–Crippen LogP) is 3.05. The Labute approximate surface area is 141 Å². The zero-order chi connectivity index (χ0) is 16.9. The standard InChI is InChI=1S/C19H21NO4/c1-2-20(11-14-7-9-15(10-8-14)19(21)22)12-16-13-23-17-5-3-4-6-18(17)24-16/h3-10,16H,2,11-13H2,1H3,(H,21,22). The number of carboxylic acid groups (broad SMARTS) is 1. The van der Waals surface area contributed by atoms with Gasteiger partial charge in [-0.3, -0.25) is 4.90 Å². The van der Waals surface area contributed by atoms with Crippen LogP contribution in [-0.4, -0.2) is 41.8 Å². The maximum absolute atomic E-state index is 10.9. The molecule has 5 heteroatoms. The topological polar surface area (TPSA) is 59.0 Å². The fraction of sp³-hybridized carbons (Fsp3) is 0.316. The molecule has 0 fully saturated rings. The van der Waals surface area contributed by atoms with Crippen molar-refractivity contribution < 1.29 is 19.4 Å². The van der Waals surface area contributed by atoms with Gasteiger partial charge in [0.1, 0.15) is 12.7 Å². The number of rotatable bonds is 6. The van der Waals surface area contributed by atoms with E-state index in [-0.39, 0.29) is 6.10 Å². The maximum Gasteiger partial charge on any atom is 0.335 e. The summed E-state index contributed by atoms with van der Waals surface area (Å²) in [7, 11) is 0. The van der Waals surface area contributed by atoms with Crippen molar-refractivity contribution >= 4 is 5.97 Å². The highest BCUT2D eigenvalue weighted by molar-refractivity contribution is 5.87. The van der Waals surface area contributed by atoms with Gasteiger partial charge in [-0.05, 0) is 36.4 Å². The summed E-state index contributed by atoms with van der Waals surface area (Å²) in [5, 5.41) is 8.96. The van der Waals surface area contributed by atoms with Crippen molar-refractivity contribution in [2.45, 2.75) is 19.6 Å². The number of fused-ring (bicyclic) bond motifs is 1. The minimum atomic E-state index is -0.902. The number of nitrogens with zero attached hydrogens (tertiary/aromatic N) is 1. The van der Waals surface area contributed by atoms with Gasteiger partial charge in [0.05, 0.1) is 5.56 Å². The Balaban J connectivity index is 1.60. The fourth-order valence-corrected chi connectivity index (χ4v) is 2.76. The van der Waals surface area contributed by atoms with Gasteiger partial charge in [0, 0.05) is 13.1 Å². The van der Waals surface area contributed by atoms with E-state index in [1.165, 1.54) is 0 Å². The van der Waals surface area contributed by atoms with Gasteiger partial charge in [-0.25, -0.2) is 4.79 Å². The van der Waals surface area contributed by atoms with Gasteiger partial charge >= 0.3 is 5.97 Å². The number of benzene rings is 2. The monoisotopic (exact) mass is 327 g/mol. The predicted molar refractivity (Wildman–Crippen MR) is 90.7 cm³/mol. The Bertz CT molecular complexity index is 699. The normalized spacial score (nSPS) is 16.2. The molecule has 2 aromatic carbocycles. The van der Waals surface area contributed by atoms with Crippen LogP contribution in [0.4, 0.5) is 0 Å². The molecule has 0 bridgehead atoms. The third-order valence-electron chi connectivity index (χ3n) is 4.08. The van der Waals surface area contributed by atoms with Gasteiger partial charge < -0.3 is 14.6 Å². The molecule has 5 nitrogen and oxygen atoms in total. The molecule has 1 unspecified atom stereocenters. The summed E-state index contributed by atoms with van der Waals surface area (Å²) >= 11 is 0. The zero-order valence-corrected chi connectivity index (χ0v) is 13.6. The molecule has 1 aliphatic rings. The summed E-state index contributed by atoms with van der Waals surface area (Å²) in [6.07, 6.45) is -0.0156. The van der Waals surface area contributed by atoms with Gasteiger partial charge in [-0.1, -0.05) is 31.2 Å². The molecule has 3 rings (SSSR count). The third-order valence-corrected chi connectivity index (χ3v) is 4.08. The molecule has 1 aliphatic heterocycles. The quantitative estimate of drug-likeness (QED) is 0.884. The first-order valence-electron chi connectivity index (χ1n) is 8.08. The van der Waals surface area contributed by atoms with Crippen LogP contribution < -0.4 is 9.47 Å². The van der Waals surface area contributed by atoms with Crippen LogP contribution >= 0.6 is 0 Å². The molecule has 0 aromatic heterocycles. The Hall–Kier alpha value is -2.53. The summed E-state index contributed by atoms with van der Waals surface area (Å²) in [4.78, 5) is 13.2. The highest BCUT2D eigenvalue weighted by Gasteiger charge is 2.22. The number of carboxylic acids is 1. The van der Waals surface area contributed by atoms with E-state index in [2.05, 4.69) is 11.8 Å². The van der Waals surface area contributed by atoms with Crippen LogP contribution in [0.5, 0.6) is 11.5 Å². The highest BCUT2D eigenvalue weighted by Crippen LogP contribution is 2.31. The lowest BCUT2D eigenvalue weighted by atomic mass is 10.1. The van der Waals surface area contributed by atoms with E-state index in [1.807, 2.05) is 36.4 Å². The largest absolute Gasteiger partial charge is 0.486 e. The van der Waals surface area contributed by atoms with Crippen LogP contribution in [0.15, 0.2) is 48.5 Å². The van der Waals surface area contributed by atoms with Crippen molar-refractivity contribution in [1.82, 2.24) is 4.90 Å². The lowest BCUT2D eigenvalue weighted by molar-refractivity contribution is 0.0580. The van der Waals surface area contributed by atoms with Gasteiger partial charge in [-0.15, -0.1) is 0 Å². The van der Waals surface area contributed by atoms with E-state index in [0.717, 1.165) is 36.7 Å². The fourth-order valence-electron chi connectivity index (χ4n) is 2.76. The number of para-hydroxylation sites is 2. The molecule has 0 spiro atoms. The van der Waals surface area contributed by atoms with E-state index in [9.17, 15) is 4.79 Å². The molecule has 1 heterocycles. The zero-order valence-electron chi connectivity index (χ0n) is 13.6. The molecule has 0 saturated heterocycles. The maximum atomic E-state index is 10.9. The van der Waals surface area contributed by atoms with Crippen LogP contribution in [0.1, 0.15) is 22.8 Å². The Morgan fingerprint density at radius 1 is 1.17 bits per heavy atom.